The van der Waals surface area contributed by atoms with E-state index in [0.717, 1.165) is 6.54 Å². The molecule has 0 amide bonds. The van der Waals surface area contributed by atoms with Crippen LogP contribution in [-0.2, 0) is 4.79 Å². The number of benzene rings is 1. The lowest BCUT2D eigenvalue weighted by Gasteiger charge is -2.15. The zero-order chi connectivity index (χ0) is 12.4. The van der Waals surface area contributed by atoms with Crippen LogP contribution in [0.4, 0.5) is 0 Å². The maximum atomic E-state index is 11.2. The van der Waals surface area contributed by atoms with E-state index in [2.05, 4.69) is 5.32 Å². The Labute approximate surface area is 110 Å². The van der Waals surface area contributed by atoms with Crippen LogP contribution >= 0.6 is 23.2 Å². The van der Waals surface area contributed by atoms with Gasteiger partial charge in [0.2, 0.25) is 0 Å². The molecule has 0 bridgehead atoms. The number of carboxylic acids is 1. The molecule has 1 aliphatic carbocycles. The SMILES string of the molecule is O=C(O)C(NCC1CC1)c1ccc(Cl)c(Cl)c1. The van der Waals surface area contributed by atoms with Gasteiger partial charge in [0, 0.05) is 0 Å². The van der Waals surface area contributed by atoms with Gasteiger partial charge in [0.25, 0.3) is 0 Å². The lowest BCUT2D eigenvalue weighted by molar-refractivity contribution is -0.139. The Balaban J connectivity index is 2.12. The van der Waals surface area contributed by atoms with Crippen LogP contribution in [0, 0.1) is 5.92 Å². The fraction of sp³-hybridized carbons (Fsp3) is 0.417. The Hall–Kier alpha value is -0.770. The van der Waals surface area contributed by atoms with Crippen molar-refractivity contribution in [2.45, 2.75) is 18.9 Å². The predicted octanol–water partition coefficient (Wildman–Crippen LogP) is 3.12. The van der Waals surface area contributed by atoms with Gasteiger partial charge in [-0.15, -0.1) is 0 Å². The van der Waals surface area contributed by atoms with Gasteiger partial charge in [0.05, 0.1) is 10.0 Å². The minimum absolute atomic E-state index is 0.378. The van der Waals surface area contributed by atoms with Crippen LogP contribution < -0.4 is 5.32 Å². The number of carboxylic acid groups (broad SMARTS) is 1. The van der Waals surface area contributed by atoms with Crippen molar-refractivity contribution in [3.8, 4) is 0 Å². The topological polar surface area (TPSA) is 49.3 Å². The summed E-state index contributed by atoms with van der Waals surface area (Å²) in [5.41, 5.74) is 0.632. The van der Waals surface area contributed by atoms with Crippen molar-refractivity contribution < 1.29 is 9.90 Å². The molecule has 0 spiro atoms. The molecule has 0 saturated heterocycles. The highest BCUT2D eigenvalue weighted by Crippen LogP contribution is 2.30. The van der Waals surface area contributed by atoms with E-state index >= 15 is 0 Å². The van der Waals surface area contributed by atoms with Crippen LogP contribution in [0.25, 0.3) is 0 Å². The number of aliphatic carboxylic acids is 1. The first kappa shape index (κ1) is 12.7. The monoisotopic (exact) mass is 273 g/mol. The van der Waals surface area contributed by atoms with Gasteiger partial charge in [-0.2, -0.15) is 0 Å². The summed E-state index contributed by atoms with van der Waals surface area (Å²) in [5, 5.41) is 13.0. The minimum atomic E-state index is -0.899. The van der Waals surface area contributed by atoms with Crippen LogP contribution in [0.15, 0.2) is 18.2 Å². The Morgan fingerprint density at radius 3 is 2.65 bits per heavy atom. The van der Waals surface area contributed by atoms with Gasteiger partial charge in [-0.3, -0.25) is 4.79 Å². The molecule has 1 saturated carbocycles. The normalized spacial score (nSPS) is 16.8. The van der Waals surface area contributed by atoms with Gasteiger partial charge in [0.1, 0.15) is 6.04 Å². The van der Waals surface area contributed by atoms with Crippen LogP contribution in [0.3, 0.4) is 0 Å². The standard InChI is InChI=1S/C12H13Cl2NO2/c13-9-4-3-8(5-10(9)14)11(12(16)17)15-6-7-1-2-7/h3-5,7,11,15H,1-2,6H2,(H,16,17). The van der Waals surface area contributed by atoms with E-state index in [9.17, 15) is 9.90 Å². The van der Waals surface area contributed by atoms with E-state index in [-0.39, 0.29) is 0 Å². The highest BCUT2D eigenvalue weighted by Gasteiger charge is 2.25. The second kappa shape index (κ2) is 5.25. The number of hydrogen-bond donors (Lipinski definition) is 2. The fourth-order valence-corrected chi connectivity index (χ4v) is 1.95. The molecule has 2 N–H and O–H groups in total. The van der Waals surface area contributed by atoms with E-state index in [4.69, 9.17) is 23.2 Å². The van der Waals surface area contributed by atoms with Gasteiger partial charge in [-0.05, 0) is 43.0 Å². The molecule has 3 nitrogen and oxygen atoms in total. The molecular formula is C12H13Cl2NO2. The smallest absolute Gasteiger partial charge is 0.325 e. The molecule has 5 heteroatoms. The fourth-order valence-electron chi connectivity index (χ4n) is 1.65. The van der Waals surface area contributed by atoms with Crippen LogP contribution in [0.1, 0.15) is 24.4 Å². The molecular weight excluding hydrogens is 261 g/mol. The molecule has 0 heterocycles. The number of halogens is 2. The van der Waals surface area contributed by atoms with Crippen LogP contribution in [0.5, 0.6) is 0 Å². The lowest BCUT2D eigenvalue weighted by Crippen LogP contribution is -2.30. The average Bonchev–Trinajstić information content (AvgIpc) is 3.07. The quantitative estimate of drug-likeness (QED) is 0.867. The number of carbonyl (C=O) groups is 1. The minimum Gasteiger partial charge on any atom is -0.480 e. The van der Waals surface area contributed by atoms with E-state index in [1.807, 2.05) is 0 Å². The summed E-state index contributed by atoms with van der Waals surface area (Å²) >= 11 is 11.7. The van der Waals surface area contributed by atoms with Gasteiger partial charge >= 0.3 is 5.97 Å². The summed E-state index contributed by atoms with van der Waals surface area (Å²) < 4.78 is 0. The van der Waals surface area contributed by atoms with Gasteiger partial charge in [-0.1, -0.05) is 29.3 Å². The van der Waals surface area contributed by atoms with Crippen molar-refractivity contribution in [2.24, 2.45) is 5.92 Å². The average molecular weight is 274 g/mol. The van der Waals surface area contributed by atoms with Gasteiger partial charge in [0.15, 0.2) is 0 Å². The molecule has 0 aromatic heterocycles. The van der Waals surface area contributed by atoms with Crippen molar-refractivity contribution in [3.63, 3.8) is 0 Å². The van der Waals surface area contributed by atoms with Crippen molar-refractivity contribution in [3.05, 3.63) is 33.8 Å². The third-order valence-corrected chi connectivity index (χ3v) is 3.57. The Bertz CT molecular complexity index is 433. The summed E-state index contributed by atoms with van der Waals surface area (Å²) in [6, 6.07) is 4.19. The lowest BCUT2D eigenvalue weighted by atomic mass is 10.1. The van der Waals surface area contributed by atoms with Crippen molar-refractivity contribution >= 4 is 29.2 Å². The summed E-state index contributed by atoms with van der Waals surface area (Å²) in [7, 11) is 0. The Morgan fingerprint density at radius 2 is 2.12 bits per heavy atom. The number of rotatable bonds is 5. The maximum Gasteiger partial charge on any atom is 0.325 e. The molecule has 1 unspecified atom stereocenters. The summed E-state index contributed by atoms with van der Waals surface area (Å²) in [4.78, 5) is 11.2. The zero-order valence-electron chi connectivity index (χ0n) is 9.12. The van der Waals surface area contributed by atoms with Crippen molar-refractivity contribution in [1.82, 2.24) is 5.32 Å². The van der Waals surface area contributed by atoms with Crippen LogP contribution in [-0.4, -0.2) is 17.6 Å². The largest absolute Gasteiger partial charge is 0.480 e. The highest BCUT2D eigenvalue weighted by molar-refractivity contribution is 6.42. The van der Waals surface area contributed by atoms with Gasteiger partial charge < -0.3 is 10.4 Å². The van der Waals surface area contributed by atoms with Crippen molar-refractivity contribution in [2.75, 3.05) is 6.54 Å². The molecule has 17 heavy (non-hydrogen) atoms. The first-order chi connectivity index (χ1) is 8.08. The molecule has 1 fully saturated rings. The van der Waals surface area contributed by atoms with Crippen molar-refractivity contribution in [1.29, 1.82) is 0 Å². The molecule has 1 atom stereocenters. The molecule has 92 valence electrons. The molecule has 1 aromatic carbocycles. The third kappa shape index (κ3) is 3.35. The molecule has 1 aliphatic rings. The maximum absolute atomic E-state index is 11.2. The highest BCUT2D eigenvalue weighted by atomic mass is 35.5. The summed E-state index contributed by atoms with van der Waals surface area (Å²) in [6.07, 6.45) is 2.36. The summed E-state index contributed by atoms with van der Waals surface area (Å²) in [6.45, 7) is 0.733. The Morgan fingerprint density at radius 1 is 1.41 bits per heavy atom. The second-order valence-electron chi connectivity index (χ2n) is 4.30. The number of hydrogen-bond acceptors (Lipinski definition) is 2. The molecule has 2 rings (SSSR count). The first-order valence-corrected chi connectivity index (χ1v) is 6.24. The summed E-state index contributed by atoms with van der Waals surface area (Å²) in [5.74, 6) is -0.274. The van der Waals surface area contributed by atoms with E-state index in [1.165, 1.54) is 12.8 Å². The first-order valence-electron chi connectivity index (χ1n) is 5.49. The predicted molar refractivity (Wildman–Crippen MR) is 67.6 cm³/mol. The van der Waals surface area contributed by atoms with Crippen LogP contribution in [0.2, 0.25) is 10.0 Å². The third-order valence-electron chi connectivity index (χ3n) is 2.83. The number of nitrogens with one attached hydrogen (secondary N) is 1. The zero-order valence-corrected chi connectivity index (χ0v) is 10.6. The molecule has 1 aromatic rings. The van der Waals surface area contributed by atoms with E-state index in [0.29, 0.717) is 21.5 Å². The van der Waals surface area contributed by atoms with E-state index < -0.39 is 12.0 Å². The molecule has 0 radical (unpaired) electrons. The Kier molecular flexibility index (Phi) is 3.92. The molecule has 0 aliphatic heterocycles. The second-order valence-corrected chi connectivity index (χ2v) is 5.11. The van der Waals surface area contributed by atoms with E-state index in [1.54, 1.807) is 18.2 Å². The van der Waals surface area contributed by atoms with Gasteiger partial charge in [-0.25, -0.2) is 0 Å².